The highest BCUT2D eigenvalue weighted by Crippen LogP contribution is 2.05. The van der Waals surface area contributed by atoms with Crippen molar-refractivity contribution in [1.82, 2.24) is 10.3 Å². The molecule has 0 radical (unpaired) electrons. The SMILES string of the molecule is CC(Cc1ccco1)NC(=O)c1cscn1. The third-order valence-electron chi connectivity index (χ3n) is 2.13. The van der Waals surface area contributed by atoms with Gasteiger partial charge in [-0.25, -0.2) is 4.98 Å². The number of thiazole rings is 1. The summed E-state index contributed by atoms with van der Waals surface area (Å²) in [4.78, 5) is 15.6. The summed E-state index contributed by atoms with van der Waals surface area (Å²) in [5, 5.41) is 4.60. The van der Waals surface area contributed by atoms with Crippen molar-refractivity contribution in [3.63, 3.8) is 0 Å². The second kappa shape index (κ2) is 4.94. The summed E-state index contributed by atoms with van der Waals surface area (Å²) in [6.07, 6.45) is 2.31. The summed E-state index contributed by atoms with van der Waals surface area (Å²) < 4.78 is 5.21. The lowest BCUT2D eigenvalue weighted by atomic mass is 10.2. The van der Waals surface area contributed by atoms with Gasteiger partial charge in [-0.3, -0.25) is 4.79 Å². The number of carbonyl (C=O) groups excluding carboxylic acids is 1. The molecular formula is C11H12N2O2S. The molecule has 2 heterocycles. The summed E-state index contributed by atoms with van der Waals surface area (Å²) in [6, 6.07) is 3.76. The van der Waals surface area contributed by atoms with Gasteiger partial charge in [0.1, 0.15) is 11.5 Å². The van der Waals surface area contributed by atoms with E-state index in [0.717, 1.165) is 5.76 Å². The molecule has 1 atom stereocenters. The molecule has 5 heteroatoms. The Labute approximate surface area is 97.3 Å². The smallest absolute Gasteiger partial charge is 0.270 e. The third-order valence-corrected chi connectivity index (χ3v) is 2.72. The van der Waals surface area contributed by atoms with Gasteiger partial charge in [0, 0.05) is 17.8 Å². The van der Waals surface area contributed by atoms with Gasteiger partial charge in [-0.15, -0.1) is 11.3 Å². The molecule has 0 bridgehead atoms. The maximum atomic E-state index is 11.6. The molecule has 0 aromatic carbocycles. The number of nitrogens with zero attached hydrogens (tertiary/aromatic N) is 1. The number of carbonyl (C=O) groups is 1. The largest absolute Gasteiger partial charge is 0.469 e. The topological polar surface area (TPSA) is 55.1 Å². The first-order chi connectivity index (χ1) is 7.75. The fourth-order valence-corrected chi connectivity index (χ4v) is 1.94. The van der Waals surface area contributed by atoms with Crippen molar-refractivity contribution in [1.29, 1.82) is 0 Å². The summed E-state index contributed by atoms with van der Waals surface area (Å²) in [5.74, 6) is 0.728. The van der Waals surface area contributed by atoms with Crippen LogP contribution >= 0.6 is 11.3 Å². The lowest BCUT2D eigenvalue weighted by Gasteiger charge is -2.10. The molecule has 0 fully saturated rings. The molecule has 4 nitrogen and oxygen atoms in total. The standard InChI is InChI=1S/C11H12N2O2S/c1-8(5-9-3-2-4-15-9)13-11(14)10-6-16-7-12-10/h2-4,6-8H,5H2,1H3,(H,13,14). The number of hydrogen-bond acceptors (Lipinski definition) is 4. The quantitative estimate of drug-likeness (QED) is 0.884. The van der Waals surface area contributed by atoms with Gasteiger partial charge in [0.15, 0.2) is 0 Å². The van der Waals surface area contributed by atoms with E-state index in [-0.39, 0.29) is 11.9 Å². The summed E-state index contributed by atoms with van der Waals surface area (Å²) in [7, 11) is 0. The van der Waals surface area contributed by atoms with Crippen LogP contribution < -0.4 is 5.32 Å². The van der Waals surface area contributed by atoms with Crippen LogP contribution in [0.2, 0.25) is 0 Å². The summed E-state index contributed by atoms with van der Waals surface area (Å²) in [5.41, 5.74) is 2.11. The van der Waals surface area contributed by atoms with E-state index in [9.17, 15) is 4.79 Å². The first-order valence-electron chi connectivity index (χ1n) is 4.97. The molecule has 2 aromatic rings. The van der Waals surface area contributed by atoms with Crippen molar-refractivity contribution in [2.45, 2.75) is 19.4 Å². The molecule has 2 aromatic heterocycles. The van der Waals surface area contributed by atoms with Crippen LogP contribution in [0.15, 0.2) is 33.7 Å². The minimum Gasteiger partial charge on any atom is -0.469 e. The van der Waals surface area contributed by atoms with E-state index in [0.29, 0.717) is 12.1 Å². The number of hydrogen-bond donors (Lipinski definition) is 1. The molecule has 1 amide bonds. The van der Waals surface area contributed by atoms with Crippen LogP contribution in [0.25, 0.3) is 0 Å². The van der Waals surface area contributed by atoms with Crippen molar-refractivity contribution in [2.75, 3.05) is 0 Å². The fraction of sp³-hybridized carbons (Fsp3) is 0.273. The van der Waals surface area contributed by atoms with Gasteiger partial charge >= 0.3 is 0 Å². The Hall–Kier alpha value is -1.62. The molecule has 84 valence electrons. The Morgan fingerprint density at radius 3 is 3.19 bits per heavy atom. The maximum Gasteiger partial charge on any atom is 0.270 e. The van der Waals surface area contributed by atoms with E-state index in [1.54, 1.807) is 17.2 Å². The molecule has 2 rings (SSSR count). The van der Waals surface area contributed by atoms with Crippen molar-refractivity contribution in [2.24, 2.45) is 0 Å². The van der Waals surface area contributed by atoms with Crippen molar-refractivity contribution in [3.8, 4) is 0 Å². The van der Waals surface area contributed by atoms with Crippen LogP contribution in [0.1, 0.15) is 23.2 Å². The van der Waals surface area contributed by atoms with Crippen molar-refractivity contribution in [3.05, 3.63) is 40.7 Å². The summed E-state index contributed by atoms with van der Waals surface area (Å²) in [6.45, 7) is 1.94. The highest BCUT2D eigenvalue weighted by molar-refractivity contribution is 7.07. The first-order valence-corrected chi connectivity index (χ1v) is 5.91. The predicted molar refractivity (Wildman–Crippen MR) is 61.5 cm³/mol. The van der Waals surface area contributed by atoms with Gasteiger partial charge in [0.2, 0.25) is 0 Å². The second-order valence-electron chi connectivity index (χ2n) is 3.53. The van der Waals surface area contributed by atoms with Gasteiger partial charge in [-0.05, 0) is 19.1 Å². The number of amides is 1. The lowest BCUT2D eigenvalue weighted by molar-refractivity contribution is 0.0935. The van der Waals surface area contributed by atoms with Crippen molar-refractivity contribution < 1.29 is 9.21 Å². The van der Waals surface area contributed by atoms with Gasteiger partial charge in [-0.1, -0.05) is 0 Å². The van der Waals surface area contributed by atoms with Gasteiger partial charge < -0.3 is 9.73 Å². The monoisotopic (exact) mass is 236 g/mol. The Morgan fingerprint density at radius 2 is 2.56 bits per heavy atom. The van der Waals surface area contributed by atoms with Crippen LogP contribution in [-0.2, 0) is 6.42 Å². The number of furan rings is 1. The molecule has 1 unspecified atom stereocenters. The molecule has 1 N–H and O–H groups in total. The molecule has 0 aliphatic carbocycles. The Kier molecular flexibility index (Phi) is 3.36. The average molecular weight is 236 g/mol. The molecule has 0 saturated carbocycles. The number of nitrogens with one attached hydrogen (secondary N) is 1. The highest BCUT2D eigenvalue weighted by Gasteiger charge is 2.12. The van der Waals surface area contributed by atoms with E-state index in [2.05, 4.69) is 10.3 Å². The number of rotatable bonds is 4. The van der Waals surface area contributed by atoms with Crippen molar-refractivity contribution >= 4 is 17.2 Å². The first kappa shape index (κ1) is 10.9. The third kappa shape index (κ3) is 2.70. The molecular weight excluding hydrogens is 224 g/mol. The zero-order chi connectivity index (χ0) is 11.4. The van der Waals surface area contributed by atoms with Crippen LogP contribution in [0, 0.1) is 0 Å². The van der Waals surface area contributed by atoms with Crippen LogP contribution in [0.5, 0.6) is 0 Å². The Bertz CT molecular complexity index is 437. The zero-order valence-electron chi connectivity index (χ0n) is 8.84. The average Bonchev–Trinajstić information content (AvgIpc) is 2.88. The van der Waals surface area contributed by atoms with Gasteiger partial charge in [-0.2, -0.15) is 0 Å². The Balaban J connectivity index is 1.88. The molecule has 16 heavy (non-hydrogen) atoms. The van der Waals surface area contributed by atoms with E-state index in [4.69, 9.17) is 4.42 Å². The number of aromatic nitrogens is 1. The normalized spacial score (nSPS) is 12.3. The van der Waals surface area contributed by atoms with Crippen LogP contribution in [-0.4, -0.2) is 16.9 Å². The fourth-order valence-electron chi connectivity index (χ4n) is 1.40. The molecule has 0 saturated heterocycles. The minimum absolute atomic E-state index is 0.0281. The molecule has 0 spiro atoms. The molecule has 0 aliphatic heterocycles. The van der Waals surface area contributed by atoms with E-state index < -0.39 is 0 Å². The zero-order valence-corrected chi connectivity index (χ0v) is 9.66. The summed E-state index contributed by atoms with van der Waals surface area (Å²) >= 11 is 1.41. The van der Waals surface area contributed by atoms with Gasteiger partial charge in [0.25, 0.3) is 5.91 Å². The Morgan fingerprint density at radius 1 is 1.69 bits per heavy atom. The van der Waals surface area contributed by atoms with Gasteiger partial charge in [0.05, 0.1) is 11.8 Å². The van der Waals surface area contributed by atoms with Crippen LogP contribution in [0.4, 0.5) is 0 Å². The van der Waals surface area contributed by atoms with E-state index >= 15 is 0 Å². The molecule has 0 aliphatic rings. The lowest BCUT2D eigenvalue weighted by Crippen LogP contribution is -2.34. The highest BCUT2D eigenvalue weighted by atomic mass is 32.1. The second-order valence-corrected chi connectivity index (χ2v) is 4.25. The minimum atomic E-state index is -0.139. The maximum absolute atomic E-state index is 11.6. The van der Waals surface area contributed by atoms with E-state index in [1.165, 1.54) is 11.3 Å². The van der Waals surface area contributed by atoms with Crippen LogP contribution in [0.3, 0.4) is 0 Å². The predicted octanol–water partition coefficient (Wildman–Crippen LogP) is 2.10. The van der Waals surface area contributed by atoms with E-state index in [1.807, 2.05) is 19.1 Å².